The largest absolute Gasteiger partial charge is 0.462 e. The van der Waals surface area contributed by atoms with Gasteiger partial charge in [-0.2, -0.15) is 0 Å². The molecule has 3 nitrogen and oxygen atoms in total. The van der Waals surface area contributed by atoms with Gasteiger partial charge in [0, 0.05) is 12.3 Å². The highest BCUT2D eigenvalue weighted by molar-refractivity contribution is 5.66. The van der Waals surface area contributed by atoms with E-state index in [4.69, 9.17) is 4.74 Å². The summed E-state index contributed by atoms with van der Waals surface area (Å²) in [5.74, 6) is 3.58. The second kappa shape index (κ2) is 9.08. The second-order valence-corrected chi connectivity index (χ2v) is 12.9. The second-order valence-electron chi connectivity index (χ2n) is 12.9. The molecule has 182 valence electrons. The zero-order valence-corrected chi connectivity index (χ0v) is 21.6. The first kappa shape index (κ1) is 24.3. The molecule has 4 rings (SSSR count). The van der Waals surface area contributed by atoms with E-state index in [0.717, 1.165) is 49.4 Å². The number of aliphatic hydroxyl groups excluding tert-OH is 1. The van der Waals surface area contributed by atoms with E-state index in [2.05, 4.69) is 34.6 Å². The van der Waals surface area contributed by atoms with Gasteiger partial charge in [0.25, 0.3) is 0 Å². The zero-order valence-electron chi connectivity index (χ0n) is 21.6. The van der Waals surface area contributed by atoms with Crippen LogP contribution in [-0.4, -0.2) is 23.3 Å². The third kappa shape index (κ3) is 4.21. The van der Waals surface area contributed by atoms with E-state index in [1.54, 1.807) is 18.1 Å². The number of allylic oxidation sites excluding steroid dienone is 1. The molecule has 0 bridgehead atoms. The number of esters is 1. The van der Waals surface area contributed by atoms with E-state index >= 15 is 0 Å². The van der Waals surface area contributed by atoms with Gasteiger partial charge >= 0.3 is 5.97 Å². The molecule has 3 fully saturated rings. The fourth-order valence-corrected chi connectivity index (χ4v) is 8.86. The van der Waals surface area contributed by atoms with Crippen LogP contribution in [0, 0.1) is 40.4 Å². The van der Waals surface area contributed by atoms with Crippen LogP contribution in [0.25, 0.3) is 0 Å². The lowest BCUT2D eigenvalue weighted by Gasteiger charge is -2.56. The Morgan fingerprint density at radius 2 is 1.88 bits per heavy atom. The molecule has 4 aliphatic carbocycles. The molecule has 32 heavy (non-hydrogen) atoms. The number of carbonyl (C=O) groups excluding carboxylic acids is 1. The van der Waals surface area contributed by atoms with Crippen molar-refractivity contribution in [2.45, 2.75) is 124 Å². The third-order valence-corrected chi connectivity index (χ3v) is 10.4. The van der Waals surface area contributed by atoms with Gasteiger partial charge in [-0.25, -0.2) is 0 Å². The van der Waals surface area contributed by atoms with Crippen molar-refractivity contribution in [1.29, 1.82) is 0 Å². The number of fused-ring (bicyclic) bond motifs is 4. The maximum atomic E-state index is 12.0. The lowest BCUT2D eigenvalue weighted by molar-refractivity contribution is -0.157. The van der Waals surface area contributed by atoms with Crippen LogP contribution in [0.2, 0.25) is 0 Å². The van der Waals surface area contributed by atoms with Gasteiger partial charge in [0.05, 0.1) is 6.10 Å². The van der Waals surface area contributed by atoms with Gasteiger partial charge in [0.15, 0.2) is 0 Å². The van der Waals surface area contributed by atoms with Crippen LogP contribution in [0.5, 0.6) is 0 Å². The Morgan fingerprint density at radius 3 is 2.56 bits per heavy atom. The van der Waals surface area contributed by atoms with Crippen molar-refractivity contribution >= 4 is 5.97 Å². The molecule has 1 N–H and O–H groups in total. The third-order valence-electron chi connectivity index (χ3n) is 10.4. The van der Waals surface area contributed by atoms with Gasteiger partial charge in [0.2, 0.25) is 0 Å². The monoisotopic (exact) mass is 444 g/mol. The van der Waals surface area contributed by atoms with Crippen LogP contribution in [0.3, 0.4) is 0 Å². The summed E-state index contributed by atoms with van der Waals surface area (Å²) in [4.78, 5) is 12.0. The number of aliphatic hydroxyl groups is 1. The highest BCUT2D eigenvalue weighted by atomic mass is 16.5. The van der Waals surface area contributed by atoms with Crippen LogP contribution in [0.4, 0.5) is 0 Å². The van der Waals surface area contributed by atoms with E-state index in [9.17, 15) is 9.90 Å². The molecule has 0 aliphatic heterocycles. The van der Waals surface area contributed by atoms with Crippen molar-refractivity contribution < 1.29 is 14.6 Å². The van der Waals surface area contributed by atoms with Crippen molar-refractivity contribution in [2.24, 2.45) is 40.4 Å². The van der Waals surface area contributed by atoms with Crippen LogP contribution in [-0.2, 0) is 9.53 Å². The molecule has 0 radical (unpaired) electrons. The number of ether oxygens (including phenoxy) is 1. The van der Waals surface area contributed by atoms with Gasteiger partial charge in [0.1, 0.15) is 6.10 Å². The molecule has 0 heterocycles. The lowest BCUT2D eigenvalue weighted by Crippen LogP contribution is -2.51. The maximum Gasteiger partial charge on any atom is 0.302 e. The van der Waals surface area contributed by atoms with Gasteiger partial charge in [-0.05, 0) is 86.4 Å². The van der Waals surface area contributed by atoms with Gasteiger partial charge in [-0.1, -0.05) is 65.0 Å². The highest BCUT2D eigenvalue weighted by Crippen LogP contribution is 2.66. The minimum Gasteiger partial charge on any atom is -0.462 e. The summed E-state index contributed by atoms with van der Waals surface area (Å²) in [6.07, 6.45) is 12.6. The Bertz CT molecular complexity index is 739. The van der Waals surface area contributed by atoms with E-state index < -0.39 is 0 Å². The molecular weight excluding hydrogens is 396 g/mol. The van der Waals surface area contributed by atoms with E-state index in [1.165, 1.54) is 44.9 Å². The van der Waals surface area contributed by atoms with Crippen LogP contribution in [0.15, 0.2) is 11.1 Å². The normalized spacial score (nSPS) is 42.3. The Labute approximate surface area is 196 Å². The van der Waals surface area contributed by atoms with E-state index in [0.29, 0.717) is 11.3 Å². The van der Waals surface area contributed by atoms with Gasteiger partial charge < -0.3 is 9.84 Å². The van der Waals surface area contributed by atoms with Gasteiger partial charge in [-0.3, -0.25) is 4.79 Å². The minimum atomic E-state index is -0.268. The van der Waals surface area contributed by atoms with Crippen molar-refractivity contribution in [2.75, 3.05) is 0 Å². The Balaban J connectivity index is 1.59. The molecule has 0 aromatic carbocycles. The van der Waals surface area contributed by atoms with Crippen LogP contribution < -0.4 is 0 Å². The fourth-order valence-electron chi connectivity index (χ4n) is 8.86. The smallest absolute Gasteiger partial charge is 0.302 e. The first-order valence-corrected chi connectivity index (χ1v) is 13.6. The predicted molar refractivity (Wildman–Crippen MR) is 130 cm³/mol. The highest BCUT2D eigenvalue weighted by Gasteiger charge is 2.58. The Morgan fingerprint density at radius 1 is 1.12 bits per heavy atom. The van der Waals surface area contributed by atoms with E-state index in [1.807, 2.05) is 0 Å². The summed E-state index contributed by atoms with van der Waals surface area (Å²) in [5, 5.41) is 10.5. The molecule has 0 unspecified atom stereocenters. The average Bonchev–Trinajstić information content (AvgIpc) is 3.05. The summed E-state index contributed by atoms with van der Waals surface area (Å²) in [7, 11) is 0. The molecule has 3 heteroatoms. The molecule has 0 aromatic rings. The topological polar surface area (TPSA) is 46.5 Å². The molecule has 3 saturated carbocycles. The predicted octanol–water partition coefficient (Wildman–Crippen LogP) is 7.07. The minimum absolute atomic E-state index is 0.0800. The SMILES string of the molecule is CC(=O)O[C@@H]1C[C@@H]2C(=C3CC[C@H](O)C[C@@]31C)CC[C@]1(C)[C@@H]([C@@H](C)CCCC(C)C)CC[C@@H]21. The number of rotatable bonds is 6. The van der Waals surface area contributed by atoms with Crippen molar-refractivity contribution in [3.05, 3.63) is 11.1 Å². The zero-order chi connectivity index (χ0) is 23.3. The lowest BCUT2D eigenvalue weighted by atomic mass is 9.50. The Hall–Kier alpha value is -0.830. The molecule has 4 aliphatic rings. The van der Waals surface area contributed by atoms with Crippen molar-refractivity contribution in [3.8, 4) is 0 Å². The maximum absolute atomic E-state index is 12.0. The average molecular weight is 445 g/mol. The number of carbonyl (C=O) groups is 1. The van der Waals surface area contributed by atoms with Gasteiger partial charge in [-0.15, -0.1) is 0 Å². The molecule has 0 aromatic heterocycles. The first-order valence-electron chi connectivity index (χ1n) is 13.6. The van der Waals surface area contributed by atoms with Crippen LogP contribution in [0.1, 0.15) is 112 Å². The number of hydrogen-bond acceptors (Lipinski definition) is 3. The molecule has 0 saturated heterocycles. The molecule has 0 spiro atoms. The summed E-state index contributed by atoms with van der Waals surface area (Å²) in [5.41, 5.74) is 3.51. The standard InChI is InChI=1S/C29H48O3/c1-18(2)8-7-9-19(3)24-12-13-26-23-16-27(32-20(4)30)29(6)17-21(31)10-11-25(29)22(23)14-15-28(24,26)5/h18-19,21,23-24,26-27,31H,7-17H2,1-6H3/t19-,21-,23+,24+,26-,27+,28+,29-/m0/s1. The van der Waals surface area contributed by atoms with Crippen molar-refractivity contribution in [3.63, 3.8) is 0 Å². The number of hydrogen-bond donors (Lipinski definition) is 1. The van der Waals surface area contributed by atoms with Crippen LogP contribution >= 0.6 is 0 Å². The molecule has 0 amide bonds. The summed E-state index contributed by atoms with van der Waals surface area (Å²) in [6, 6.07) is 0. The first-order chi connectivity index (χ1) is 15.1. The fraction of sp³-hybridized carbons (Fsp3) is 0.897. The summed E-state index contributed by atoms with van der Waals surface area (Å²) < 4.78 is 6.01. The molecule has 8 atom stereocenters. The van der Waals surface area contributed by atoms with E-state index in [-0.39, 0.29) is 23.6 Å². The quantitative estimate of drug-likeness (QED) is 0.352. The van der Waals surface area contributed by atoms with Crippen molar-refractivity contribution in [1.82, 2.24) is 0 Å². The Kier molecular flexibility index (Phi) is 6.90. The summed E-state index contributed by atoms with van der Waals surface area (Å²) in [6.45, 7) is 13.6. The molecular formula is C29H48O3. The summed E-state index contributed by atoms with van der Waals surface area (Å²) >= 11 is 0.